The molecule has 3 aromatic rings. The monoisotopic (exact) mass is 471 g/mol. The molecule has 0 unspecified atom stereocenters. The summed E-state index contributed by atoms with van der Waals surface area (Å²) in [6, 6.07) is 19.8. The molecule has 0 spiro atoms. The molecule has 0 aliphatic rings. The third-order valence-corrected chi connectivity index (χ3v) is 6.57. The Balaban J connectivity index is 1.83. The van der Waals surface area contributed by atoms with Gasteiger partial charge in [-0.25, -0.2) is 13.8 Å². The van der Waals surface area contributed by atoms with E-state index in [1.165, 1.54) is 18.3 Å². The van der Waals surface area contributed by atoms with Crippen LogP contribution in [0, 0.1) is 6.92 Å². The standard InChI is InChI=1S/C23H22ClN3O4S/c1-17-14-19(24)10-13-22(17)27(32(29,30)21-6-4-3-5-7-21)16-23(28)26-25-15-18-8-11-20(31-2)12-9-18/h3-15H,16H2,1-2H3,(H,26,28)/b25-15-. The van der Waals surface area contributed by atoms with Gasteiger partial charge in [0.2, 0.25) is 0 Å². The number of aryl methyl sites for hydroxylation is 1. The van der Waals surface area contributed by atoms with Crippen LogP contribution in [0.2, 0.25) is 5.02 Å². The summed E-state index contributed by atoms with van der Waals surface area (Å²) in [5.74, 6) is 0.106. The Kier molecular flexibility index (Phi) is 7.50. The number of anilines is 1. The van der Waals surface area contributed by atoms with Gasteiger partial charge in [0.25, 0.3) is 15.9 Å². The molecule has 0 heterocycles. The van der Waals surface area contributed by atoms with Gasteiger partial charge >= 0.3 is 0 Å². The molecule has 0 aliphatic heterocycles. The maximum absolute atomic E-state index is 13.3. The summed E-state index contributed by atoms with van der Waals surface area (Å²) in [4.78, 5) is 12.7. The number of nitrogens with one attached hydrogen (secondary N) is 1. The number of halogens is 1. The molecular weight excluding hydrogens is 450 g/mol. The lowest BCUT2D eigenvalue weighted by atomic mass is 10.2. The van der Waals surface area contributed by atoms with Crippen molar-refractivity contribution in [1.29, 1.82) is 0 Å². The molecular formula is C23H22ClN3O4S. The number of benzene rings is 3. The molecule has 0 bridgehead atoms. The first kappa shape index (κ1) is 23.3. The third kappa shape index (κ3) is 5.66. The first-order valence-electron chi connectivity index (χ1n) is 9.61. The smallest absolute Gasteiger partial charge is 0.264 e. The number of methoxy groups -OCH3 is 1. The van der Waals surface area contributed by atoms with Crippen LogP contribution in [0.4, 0.5) is 5.69 Å². The van der Waals surface area contributed by atoms with Crippen molar-refractivity contribution >= 4 is 39.4 Å². The molecule has 0 saturated heterocycles. The van der Waals surface area contributed by atoms with E-state index in [0.29, 0.717) is 22.0 Å². The van der Waals surface area contributed by atoms with Gasteiger partial charge in [-0.1, -0.05) is 29.8 Å². The van der Waals surface area contributed by atoms with Crippen LogP contribution >= 0.6 is 11.6 Å². The maximum atomic E-state index is 13.3. The topological polar surface area (TPSA) is 88.1 Å². The van der Waals surface area contributed by atoms with E-state index in [2.05, 4.69) is 10.5 Å². The van der Waals surface area contributed by atoms with E-state index in [4.69, 9.17) is 16.3 Å². The highest BCUT2D eigenvalue weighted by Crippen LogP contribution is 2.28. The second-order valence-electron chi connectivity index (χ2n) is 6.82. The van der Waals surface area contributed by atoms with Crippen molar-refractivity contribution in [3.8, 4) is 5.75 Å². The molecule has 9 heteroatoms. The van der Waals surface area contributed by atoms with Crippen molar-refractivity contribution in [2.75, 3.05) is 18.0 Å². The van der Waals surface area contributed by atoms with E-state index in [-0.39, 0.29) is 4.90 Å². The Bertz CT molecular complexity index is 1210. The van der Waals surface area contributed by atoms with Crippen molar-refractivity contribution in [3.63, 3.8) is 0 Å². The quantitative estimate of drug-likeness (QED) is 0.397. The average molecular weight is 472 g/mol. The largest absolute Gasteiger partial charge is 0.497 e. The zero-order valence-electron chi connectivity index (χ0n) is 17.5. The number of hydrogen-bond acceptors (Lipinski definition) is 5. The van der Waals surface area contributed by atoms with Gasteiger partial charge in [0.15, 0.2) is 0 Å². The fourth-order valence-corrected chi connectivity index (χ4v) is 4.69. The second kappa shape index (κ2) is 10.3. The number of ether oxygens (including phenoxy) is 1. The number of hydrogen-bond donors (Lipinski definition) is 1. The van der Waals surface area contributed by atoms with Gasteiger partial charge in [-0.15, -0.1) is 0 Å². The minimum absolute atomic E-state index is 0.0730. The maximum Gasteiger partial charge on any atom is 0.264 e. The van der Waals surface area contributed by atoms with Crippen LogP contribution in [0.25, 0.3) is 0 Å². The van der Waals surface area contributed by atoms with Crippen molar-refractivity contribution in [2.45, 2.75) is 11.8 Å². The number of rotatable bonds is 8. The molecule has 0 saturated carbocycles. The van der Waals surface area contributed by atoms with Gasteiger partial charge in [0.05, 0.1) is 23.9 Å². The zero-order chi connectivity index (χ0) is 23.1. The van der Waals surface area contributed by atoms with Crippen molar-refractivity contribution < 1.29 is 17.9 Å². The SMILES string of the molecule is COc1ccc(/C=N\NC(=O)CN(c2ccc(Cl)cc2C)S(=O)(=O)c2ccccc2)cc1. The summed E-state index contributed by atoms with van der Waals surface area (Å²) in [5.41, 5.74) is 4.10. The average Bonchev–Trinajstić information content (AvgIpc) is 2.79. The predicted molar refractivity (Wildman–Crippen MR) is 126 cm³/mol. The highest BCUT2D eigenvalue weighted by molar-refractivity contribution is 7.92. The number of carbonyl (C=O) groups excluding carboxylic acids is 1. The lowest BCUT2D eigenvalue weighted by Crippen LogP contribution is -2.40. The third-order valence-electron chi connectivity index (χ3n) is 4.56. The fourth-order valence-electron chi connectivity index (χ4n) is 2.95. The number of amides is 1. The van der Waals surface area contributed by atoms with Gasteiger partial charge in [-0.3, -0.25) is 9.10 Å². The molecule has 0 fully saturated rings. The van der Waals surface area contributed by atoms with Gasteiger partial charge in [-0.05, 0) is 72.6 Å². The van der Waals surface area contributed by atoms with E-state index in [1.807, 2.05) is 0 Å². The summed E-state index contributed by atoms with van der Waals surface area (Å²) in [5, 5.41) is 4.40. The van der Waals surface area contributed by atoms with Crippen LogP contribution in [0.3, 0.4) is 0 Å². The number of carbonyl (C=O) groups is 1. The lowest BCUT2D eigenvalue weighted by molar-refractivity contribution is -0.119. The summed E-state index contributed by atoms with van der Waals surface area (Å²) >= 11 is 6.03. The van der Waals surface area contributed by atoms with Gasteiger partial charge in [0, 0.05) is 5.02 Å². The number of hydrazone groups is 1. The van der Waals surface area contributed by atoms with Crippen LogP contribution < -0.4 is 14.5 Å². The minimum atomic E-state index is -4.01. The normalized spacial score (nSPS) is 11.3. The zero-order valence-corrected chi connectivity index (χ0v) is 19.1. The highest BCUT2D eigenvalue weighted by Gasteiger charge is 2.28. The molecule has 32 heavy (non-hydrogen) atoms. The van der Waals surface area contributed by atoms with Gasteiger partial charge < -0.3 is 4.74 Å². The van der Waals surface area contributed by atoms with Crippen LogP contribution in [0.1, 0.15) is 11.1 Å². The molecule has 7 nitrogen and oxygen atoms in total. The van der Waals surface area contributed by atoms with Gasteiger partial charge in [0.1, 0.15) is 12.3 Å². The molecule has 166 valence electrons. The molecule has 3 rings (SSSR count). The predicted octanol–water partition coefficient (Wildman–Crippen LogP) is 4.00. The van der Waals surface area contributed by atoms with E-state index in [9.17, 15) is 13.2 Å². The van der Waals surface area contributed by atoms with Crippen molar-refractivity contribution in [3.05, 3.63) is 88.9 Å². The van der Waals surface area contributed by atoms with E-state index in [1.54, 1.807) is 74.7 Å². The Morgan fingerprint density at radius 3 is 2.41 bits per heavy atom. The Morgan fingerprint density at radius 2 is 1.78 bits per heavy atom. The molecule has 3 aromatic carbocycles. The van der Waals surface area contributed by atoms with Crippen LogP contribution in [-0.2, 0) is 14.8 Å². The summed E-state index contributed by atoms with van der Waals surface area (Å²) < 4.78 is 32.8. The molecule has 1 N–H and O–H groups in total. The van der Waals surface area contributed by atoms with E-state index < -0.39 is 22.5 Å². The molecule has 1 amide bonds. The Labute approximate surface area is 192 Å². The first-order chi connectivity index (χ1) is 15.3. The first-order valence-corrected chi connectivity index (χ1v) is 11.4. The number of nitrogens with zero attached hydrogens (tertiary/aromatic N) is 2. The fraction of sp³-hybridized carbons (Fsp3) is 0.130. The Morgan fingerprint density at radius 1 is 1.09 bits per heavy atom. The minimum Gasteiger partial charge on any atom is -0.497 e. The van der Waals surface area contributed by atoms with Crippen molar-refractivity contribution in [2.24, 2.45) is 5.10 Å². The van der Waals surface area contributed by atoms with Crippen LogP contribution in [0.5, 0.6) is 5.75 Å². The molecule has 0 aliphatic carbocycles. The summed E-state index contributed by atoms with van der Waals surface area (Å²) in [6.07, 6.45) is 1.46. The van der Waals surface area contributed by atoms with Gasteiger partial charge in [-0.2, -0.15) is 5.10 Å². The Hall–Kier alpha value is -3.36. The molecule has 0 aromatic heterocycles. The summed E-state index contributed by atoms with van der Waals surface area (Å²) in [6.45, 7) is 1.27. The number of sulfonamides is 1. The van der Waals surface area contributed by atoms with E-state index in [0.717, 1.165) is 9.87 Å². The molecule has 0 radical (unpaired) electrons. The van der Waals surface area contributed by atoms with E-state index >= 15 is 0 Å². The lowest BCUT2D eigenvalue weighted by Gasteiger charge is -2.25. The van der Waals surface area contributed by atoms with Crippen LogP contribution in [0.15, 0.2) is 82.8 Å². The molecule has 0 atom stereocenters. The van der Waals surface area contributed by atoms with Crippen LogP contribution in [-0.4, -0.2) is 34.2 Å². The van der Waals surface area contributed by atoms with Crippen molar-refractivity contribution in [1.82, 2.24) is 5.43 Å². The highest BCUT2D eigenvalue weighted by atomic mass is 35.5. The second-order valence-corrected chi connectivity index (χ2v) is 9.12. The summed E-state index contributed by atoms with van der Waals surface area (Å²) in [7, 11) is -2.44.